The molecule has 19 heavy (non-hydrogen) atoms. The van der Waals surface area contributed by atoms with Crippen LogP contribution in [0.4, 0.5) is 0 Å². The molecule has 0 saturated carbocycles. The van der Waals surface area contributed by atoms with E-state index in [1.165, 1.54) is 5.56 Å². The molecule has 106 valence electrons. The summed E-state index contributed by atoms with van der Waals surface area (Å²) in [6, 6.07) is 10.5. The van der Waals surface area contributed by atoms with Crippen LogP contribution in [0.1, 0.15) is 45.7 Å². The Balaban J connectivity index is 2.65. The molecule has 3 heteroatoms. The molecule has 0 aliphatic carbocycles. The van der Waals surface area contributed by atoms with Crippen molar-refractivity contribution in [1.29, 1.82) is 0 Å². The molecule has 0 aliphatic rings. The van der Waals surface area contributed by atoms with Crippen LogP contribution in [0.25, 0.3) is 0 Å². The van der Waals surface area contributed by atoms with Crippen molar-refractivity contribution in [2.45, 2.75) is 40.2 Å². The minimum atomic E-state index is 0.0619. The monoisotopic (exact) mass is 262 g/mol. The molecule has 1 aromatic carbocycles. The van der Waals surface area contributed by atoms with Gasteiger partial charge in [0.2, 0.25) is 5.91 Å². The molecule has 1 atom stereocenters. The molecule has 1 amide bonds. The third kappa shape index (κ3) is 5.43. The van der Waals surface area contributed by atoms with Crippen molar-refractivity contribution >= 4 is 5.91 Å². The van der Waals surface area contributed by atoms with Crippen molar-refractivity contribution in [2.24, 2.45) is 5.41 Å². The molecular formula is C16H26N2O. The van der Waals surface area contributed by atoms with Gasteiger partial charge in [-0.05, 0) is 17.4 Å². The molecule has 3 nitrogen and oxygen atoms in total. The van der Waals surface area contributed by atoms with Gasteiger partial charge in [0.25, 0.3) is 0 Å². The summed E-state index contributed by atoms with van der Waals surface area (Å²) >= 11 is 0. The second-order valence-corrected chi connectivity index (χ2v) is 5.94. The molecule has 1 rings (SSSR count). The zero-order chi connectivity index (χ0) is 14.3. The van der Waals surface area contributed by atoms with Gasteiger partial charge in [0.15, 0.2) is 0 Å². The number of nitrogens with one attached hydrogen (secondary N) is 2. The second kappa shape index (κ2) is 7.29. The van der Waals surface area contributed by atoms with Gasteiger partial charge in [-0.1, -0.05) is 58.0 Å². The third-order valence-corrected chi connectivity index (χ3v) is 3.04. The first kappa shape index (κ1) is 15.7. The summed E-state index contributed by atoms with van der Waals surface area (Å²) < 4.78 is 0. The van der Waals surface area contributed by atoms with Gasteiger partial charge >= 0.3 is 0 Å². The molecule has 1 aromatic rings. The molecule has 0 fully saturated rings. The van der Waals surface area contributed by atoms with Crippen molar-refractivity contribution in [3.05, 3.63) is 35.9 Å². The molecule has 2 N–H and O–H groups in total. The van der Waals surface area contributed by atoms with Crippen LogP contribution in [-0.4, -0.2) is 19.0 Å². The lowest BCUT2D eigenvalue weighted by Crippen LogP contribution is -2.40. The molecule has 0 aromatic heterocycles. The third-order valence-electron chi connectivity index (χ3n) is 3.04. The van der Waals surface area contributed by atoms with E-state index in [9.17, 15) is 4.79 Å². The van der Waals surface area contributed by atoms with Gasteiger partial charge in [-0.25, -0.2) is 0 Å². The Hall–Kier alpha value is -1.35. The maximum Gasteiger partial charge on any atom is 0.233 e. The summed E-state index contributed by atoms with van der Waals surface area (Å²) in [7, 11) is 0. The highest BCUT2D eigenvalue weighted by atomic mass is 16.1. The van der Waals surface area contributed by atoms with Crippen LogP contribution in [0.15, 0.2) is 30.3 Å². The van der Waals surface area contributed by atoms with Crippen LogP contribution < -0.4 is 10.6 Å². The first-order valence-corrected chi connectivity index (χ1v) is 7.00. The van der Waals surface area contributed by atoms with Gasteiger partial charge in [-0.15, -0.1) is 0 Å². The number of rotatable bonds is 6. The lowest BCUT2D eigenvalue weighted by molar-refractivity contribution is -0.120. The van der Waals surface area contributed by atoms with Crippen LogP contribution >= 0.6 is 0 Å². The van der Waals surface area contributed by atoms with E-state index in [2.05, 4.69) is 50.5 Å². The van der Waals surface area contributed by atoms with Crippen molar-refractivity contribution < 1.29 is 4.79 Å². The molecular weight excluding hydrogens is 236 g/mol. The molecule has 1 unspecified atom stereocenters. The predicted octanol–water partition coefficient (Wildman–Crippen LogP) is 2.89. The zero-order valence-electron chi connectivity index (χ0n) is 12.5. The number of amides is 1. The van der Waals surface area contributed by atoms with Gasteiger partial charge < -0.3 is 10.6 Å². The van der Waals surface area contributed by atoms with Crippen molar-refractivity contribution in [3.8, 4) is 0 Å². The van der Waals surface area contributed by atoms with Crippen LogP contribution in [0.5, 0.6) is 0 Å². The largest absolute Gasteiger partial charge is 0.355 e. The average Bonchev–Trinajstić information content (AvgIpc) is 2.36. The standard InChI is InChI=1S/C16H26N2O/c1-5-11-17-14(19)12-18-15(16(2,3)4)13-9-7-6-8-10-13/h6-10,15,18H,5,11-12H2,1-4H3,(H,17,19). The van der Waals surface area contributed by atoms with E-state index >= 15 is 0 Å². The molecule has 0 aliphatic heterocycles. The number of hydrogen-bond donors (Lipinski definition) is 2. The van der Waals surface area contributed by atoms with Crippen molar-refractivity contribution in [2.75, 3.05) is 13.1 Å². The Morgan fingerprint density at radius 3 is 2.37 bits per heavy atom. The van der Waals surface area contributed by atoms with E-state index in [1.807, 2.05) is 18.2 Å². The lowest BCUT2D eigenvalue weighted by atomic mass is 9.82. The number of benzene rings is 1. The topological polar surface area (TPSA) is 41.1 Å². The first-order valence-electron chi connectivity index (χ1n) is 7.00. The van der Waals surface area contributed by atoms with Crippen LogP contribution in [0.3, 0.4) is 0 Å². The van der Waals surface area contributed by atoms with Gasteiger partial charge in [-0.3, -0.25) is 4.79 Å². The summed E-state index contributed by atoms with van der Waals surface area (Å²) in [5, 5.41) is 6.26. The highest BCUT2D eigenvalue weighted by molar-refractivity contribution is 5.78. The number of carbonyl (C=O) groups excluding carboxylic acids is 1. The Morgan fingerprint density at radius 2 is 1.84 bits per heavy atom. The first-order chi connectivity index (χ1) is 8.95. The Morgan fingerprint density at radius 1 is 1.21 bits per heavy atom. The van der Waals surface area contributed by atoms with E-state index in [0.717, 1.165) is 13.0 Å². The maximum absolute atomic E-state index is 11.7. The Kier molecular flexibility index (Phi) is 6.03. The van der Waals surface area contributed by atoms with Gasteiger partial charge in [-0.2, -0.15) is 0 Å². The fourth-order valence-electron chi connectivity index (χ4n) is 2.09. The average molecular weight is 262 g/mol. The second-order valence-electron chi connectivity index (χ2n) is 5.94. The number of hydrogen-bond acceptors (Lipinski definition) is 2. The normalized spacial score (nSPS) is 13.1. The molecule has 0 saturated heterocycles. The maximum atomic E-state index is 11.7. The fraction of sp³-hybridized carbons (Fsp3) is 0.562. The quantitative estimate of drug-likeness (QED) is 0.827. The summed E-state index contributed by atoms with van der Waals surface area (Å²) in [6.07, 6.45) is 0.965. The van der Waals surface area contributed by atoms with Gasteiger partial charge in [0.1, 0.15) is 0 Å². The molecule has 0 bridgehead atoms. The van der Waals surface area contributed by atoms with Gasteiger partial charge in [0, 0.05) is 12.6 Å². The minimum absolute atomic E-state index is 0.0619. The summed E-state index contributed by atoms with van der Waals surface area (Å²) in [4.78, 5) is 11.7. The molecule has 0 radical (unpaired) electrons. The van der Waals surface area contributed by atoms with Crippen LogP contribution in [0, 0.1) is 5.41 Å². The van der Waals surface area contributed by atoms with E-state index in [-0.39, 0.29) is 17.4 Å². The van der Waals surface area contributed by atoms with E-state index in [4.69, 9.17) is 0 Å². The Labute approximate surface area is 116 Å². The van der Waals surface area contributed by atoms with Crippen molar-refractivity contribution in [3.63, 3.8) is 0 Å². The smallest absolute Gasteiger partial charge is 0.233 e. The summed E-state index contributed by atoms with van der Waals surface area (Å²) in [5.74, 6) is 0.0621. The van der Waals surface area contributed by atoms with E-state index in [1.54, 1.807) is 0 Å². The molecule has 0 heterocycles. The lowest BCUT2D eigenvalue weighted by Gasteiger charge is -2.32. The minimum Gasteiger partial charge on any atom is -0.355 e. The highest BCUT2D eigenvalue weighted by Gasteiger charge is 2.26. The number of carbonyl (C=O) groups is 1. The highest BCUT2D eigenvalue weighted by Crippen LogP contribution is 2.32. The summed E-state index contributed by atoms with van der Waals surface area (Å²) in [6.45, 7) is 9.70. The predicted molar refractivity (Wildman–Crippen MR) is 79.9 cm³/mol. The summed E-state index contributed by atoms with van der Waals surface area (Å²) in [5.41, 5.74) is 1.28. The van der Waals surface area contributed by atoms with Gasteiger partial charge in [0.05, 0.1) is 6.54 Å². The van der Waals surface area contributed by atoms with E-state index < -0.39 is 0 Å². The van der Waals surface area contributed by atoms with E-state index in [0.29, 0.717) is 6.54 Å². The van der Waals surface area contributed by atoms with Crippen LogP contribution in [0.2, 0.25) is 0 Å². The fourth-order valence-corrected chi connectivity index (χ4v) is 2.09. The molecule has 0 spiro atoms. The zero-order valence-corrected chi connectivity index (χ0v) is 12.5. The SMILES string of the molecule is CCCNC(=O)CNC(c1ccccc1)C(C)(C)C. The van der Waals surface area contributed by atoms with Crippen molar-refractivity contribution in [1.82, 2.24) is 10.6 Å². The Bertz CT molecular complexity index is 381. The van der Waals surface area contributed by atoms with Crippen LogP contribution in [-0.2, 0) is 4.79 Å².